The standard InChI is InChI=1S/C21H21BrN2O6/c1-3-29-17(25)10-30-16-8-14(22)13(7-15(16)28-2)9-23-24-20(26)18-11-4-5-12(6-11)19(18)21(24)27/h4-5,7-9,11-12,18-19H,3,6,10H2,1-2H3/t11-,12-,18-,19+/m0/s1. The molecular weight excluding hydrogens is 456 g/mol. The van der Waals surface area contributed by atoms with Crippen molar-refractivity contribution in [2.75, 3.05) is 20.3 Å². The van der Waals surface area contributed by atoms with Gasteiger partial charge in [-0.3, -0.25) is 9.59 Å². The average Bonchev–Trinajstić information content (AvgIpc) is 3.40. The number of amides is 2. The highest BCUT2D eigenvalue weighted by Crippen LogP contribution is 2.52. The van der Waals surface area contributed by atoms with Gasteiger partial charge in [0.1, 0.15) is 0 Å². The maximum Gasteiger partial charge on any atom is 0.344 e. The topological polar surface area (TPSA) is 94.5 Å². The Balaban J connectivity index is 1.51. The molecule has 2 amide bonds. The molecule has 0 N–H and O–H groups in total. The summed E-state index contributed by atoms with van der Waals surface area (Å²) >= 11 is 3.42. The number of fused-ring (bicyclic) bond motifs is 5. The Kier molecular flexibility index (Phi) is 5.64. The van der Waals surface area contributed by atoms with E-state index in [2.05, 4.69) is 21.0 Å². The number of hydrogen-bond acceptors (Lipinski definition) is 7. The normalized spacial score (nSPS) is 26.6. The number of methoxy groups -OCH3 is 1. The van der Waals surface area contributed by atoms with Gasteiger partial charge in [-0.15, -0.1) is 0 Å². The van der Waals surface area contributed by atoms with Gasteiger partial charge in [-0.05, 0) is 53.2 Å². The Morgan fingerprint density at radius 1 is 1.20 bits per heavy atom. The highest BCUT2D eigenvalue weighted by Gasteiger charge is 2.59. The molecule has 8 nitrogen and oxygen atoms in total. The number of imide groups is 1. The summed E-state index contributed by atoms with van der Waals surface area (Å²) in [5, 5.41) is 5.17. The molecule has 1 heterocycles. The van der Waals surface area contributed by atoms with Gasteiger partial charge in [0.25, 0.3) is 11.8 Å². The van der Waals surface area contributed by atoms with E-state index in [4.69, 9.17) is 14.2 Å². The molecule has 4 atom stereocenters. The molecule has 1 aliphatic heterocycles. The molecule has 0 unspecified atom stereocenters. The van der Waals surface area contributed by atoms with Crippen molar-refractivity contribution in [2.24, 2.45) is 28.8 Å². The summed E-state index contributed by atoms with van der Waals surface area (Å²) in [6.45, 7) is 1.74. The fraction of sp³-hybridized carbons (Fsp3) is 0.429. The molecule has 158 valence electrons. The molecule has 3 aliphatic rings. The molecule has 0 spiro atoms. The molecule has 0 radical (unpaired) electrons. The zero-order chi connectivity index (χ0) is 21.4. The molecule has 1 aromatic carbocycles. The van der Waals surface area contributed by atoms with Gasteiger partial charge in [-0.2, -0.15) is 10.1 Å². The number of nitrogens with zero attached hydrogens (tertiary/aromatic N) is 2. The number of carbonyl (C=O) groups excluding carboxylic acids is 3. The number of halogens is 1. The van der Waals surface area contributed by atoms with E-state index in [0.717, 1.165) is 11.4 Å². The third-order valence-corrected chi connectivity index (χ3v) is 6.38. The van der Waals surface area contributed by atoms with Crippen LogP contribution in [0.5, 0.6) is 11.5 Å². The number of benzene rings is 1. The Bertz CT molecular complexity index is 929. The first-order valence-corrected chi connectivity index (χ1v) is 10.5. The summed E-state index contributed by atoms with van der Waals surface area (Å²) in [6, 6.07) is 3.27. The third-order valence-electron chi connectivity index (χ3n) is 5.69. The quantitative estimate of drug-likeness (QED) is 0.259. The predicted molar refractivity (Wildman–Crippen MR) is 110 cm³/mol. The minimum Gasteiger partial charge on any atom is -0.493 e. The Morgan fingerprint density at radius 3 is 2.47 bits per heavy atom. The molecular formula is C21H21BrN2O6. The molecule has 9 heteroatoms. The predicted octanol–water partition coefficient (Wildman–Crippen LogP) is 2.54. The van der Waals surface area contributed by atoms with Crippen LogP contribution in [0, 0.1) is 23.7 Å². The van der Waals surface area contributed by atoms with Crippen LogP contribution < -0.4 is 9.47 Å². The number of hydrazone groups is 1. The molecule has 1 saturated heterocycles. The Labute approximate surface area is 182 Å². The van der Waals surface area contributed by atoms with E-state index >= 15 is 0 Å². The largest absolute Gasteiger partial charge is 0.493 e. The smallest absolute Gasteiger partial charge is 0.344 e. The van der Waals surface area contributed by atoms with Crippen molar-refractivity contribution in [3.63, 3.8) is 0 Å². The molecule has 0 aromatic heterocycles. The number of rotatable bonds is 7. The van der Waals surface area contributed by atoms with Crippen LogP contribution in [-0.2, 0) is 19.1 Å². The lowest BCUT2D eigenvalue weighted by molar-refractivity contribution is -0.145. The van der Waals surface area contributed by atoms with Crippen molar-refractivity contribution < 1.29 is 28.6 Å². The van der Waals surface area contributed by atoms with Crippen LogP contribution in [0.15, 0.2) is 33.9 Å². The lowest BCUT2D eigenvalue weighted by Crippen LogP contribution is -2.28. The summed E-state index contributed by atoms with van der Waals surface area (Å²) in [7, 11) is 1.47. The SMILES string of the molecule is CCOC(=O)COc1cc(Br)c(C=NN2C(=O)[C@@H]3[C@H](C2=O)[C@H]2C=C[C@H]3C2)cc1OC. The monoisotopic (exact) mass is 476 g/mol. The van der Waals surface area contributed by atoms with Crippen LogP contribution in [0.1, 0.15) is 18.9 Å². The van der Waals surface area contributed by atoms with Crippen LogP contribution in [0.4, 0.5) is 0 Å². The third kappa shape index (κ3) is 3.51. The lowest BCUT2D eigenvalue weighted by Gasteiger charge is -2.13. The molecule has 4 rings (SSSR count). The second-order valence-corrected chi connectivity index (χ2v) is 8.21. The summed E-state index contributed by atoms with van der Waals surface area (Å²) < 4.78 is 16.3. The summed E-state index contributed by atoms with van der Waals surface area (Å²) in [4.78, 5) is 37.0. The maximum absolute atomic E-state index is 12.7. The van der Waals surface area contributed by atoms with Crippen molar-refractivity contribution in [3.8, 4) is 11.5 Å². The molecule has 2 aliphatic carbocycles. The van der Waals surface area contributed by atoms with Gasteiger partial charge >= 0.3 is 5.97 Å². The van der Waals surface area contributed by atoms with E-state index in [1.807, 2.05) is 12.2 Å². The first kappa shape index (κ1) is 20.6. The van der Waals surface area contributed by atoms with Crippen molar-refractivity contribution in [1.29, 1.82) is 0 Å². The van der Waals surface area contributed by atoms with Gasteiger partial charge in [0.15, 0.2) is 18.1 Å². The fourth-order valence-electron chi connectivity index (χ4n) is 4.38. The summed E-state index contributed by atoms with van der Waals surface area (Å²) in [5.74, 6) is -0.545. The zero-order valence-electron chi connectivity index (χ0n) is 16.5. The molecule has 1 aromatic rings. The highest BCUT2D eigenvalue weighted by atomic mass is 79.9. The van der Waals surface area contributed by atoms with Crippen LogP contribution >= 0.6 is 15.9 Å². The van der Waals surface area contributed by atoms with Crippen molar-refractivity contribution in [3.05, 3.63) is 34.3 Å². The van der Waals surface area contributed by atoms with Gasteiger partial charge in [-0.25, -0.2) is 4.79 Å². The zero-order valence-corrected chi connectivity index (χ0v) is 18.1. The van der Waals surface area contributed by atoms with Gasteiger partial charge in [0.2, 0.25) is 0 Å². The van der Waals surface area contributed by atoms with Crippen LogP contribution in [0.2, 0.25) is 0 Å². The van der Waals surface area contributed by atoms with Gasteiger partial charge in [0.05, 0.1) is 31.8 Å². The Morgan fingerprint density at radius 2 is 1.87 bits per heavy atom. The van der Waals surface area contributed by atoms with E-state index in [0.29, 0.717) is 21.5 Å². The van der Waals surface area contributed by atoms with Gasteiger partial charge < -0.3 is 14.2 Å². The molecule has 2 bridgehead atoms. The molecule has 1 saturated carbocycles. The van der Waals surface area contributed by atoms with E-state index < -0.39 is 5.97 Å². The summed E-state index contributed by atoms with van der Waals surface area (Å²) in [5.41, 5.74) is 0.592. The minimum atomic E-state index is -0.485. The fourth-order valence-corrected chi connectivity index (χ4v) is 4.81. The average molecular weight is 477 g/mol. The maximum atomic E-state index is 12.7. The number of allylic oxidation sites excluding steroid dienone is 2. The highest BCUT2D eigenvalue weighted by molar-refractivity contribution is 9.10. The van der Waals surface area contributed by atoms with E-state index in [1.165, 1.54) is 13.3 Å². The van der Waals surface area contributed by atoms with Crippen LogP contribution in [0.3, 0.4) is 0 Å². The second kappa shape index (κ2) is 8.22. The van der Waals surface area contributed by atoms with E-state index in [1.54, 1.807) is 19.1 Å². The van der Waals surface area contributed by atoms with Gasteiger partial charge in [0, 0.05) is 10.0 Å². The number of carbonyl (C=O) groups is 3. The number of ether oxygens (including phenoxy) is 3. The minimum absolute atomic E-state index is 0.138. The van der Waals surface area contributed by atoms with Crippen molar-refractivity contribution in [2.45, 2.75) is 13.3 Å². The lowest BCUT2D eigenvalue weighted by atomic mass is 9.85. The first-order valence-electron chi connectivity index (χ1n) is 9.70. The van der Waals surface area contributed by atoms with Crippen molar-refractivity contribution >= 4 is 39.9 Å². The molecule has 30 heavy (non-hydrogen) atoms. The van der Waals surface area contributed by atoms with Crippen molar-refractivity contribution in [1.82, 2.24) is 5.01 Å². The number of hydrogen-bond donors (Lipinski definition) is 0. The first-order chi connectivity index (χ1) is 14.4. The van der Waals surface area contributed by atoms with Crippen LogP contribution in [0.25, 0.3) is 0 Å². The Hall–Kier alpha value is -2.68. The van der Waals surface area contributed by atoms with E-state index in [9.17, 15) is 14.4 Å². The second-order valence-electron chi connectivity index (χ2n) is 7.35. The van der Waals surface area contributed by atoms with Crippen LogP contribution in [-0.4, -0.2) is 49.3 Å². The number of esters is 1. The van der Waals surface area contributed by atoms with E-state index in [-0.39, 0.29) is 48.7 Å². The summed E-state index contributed by atoms with van der Waals surface area (Å²) in [6.07, 6.45) is 6.40. The molecule has 2 fully saturated rings. The van der Waals surface area contributed by atoms with Gasteiger partial charge in [-0.1, -0.05) is 12.2 Å².